The number of carbonyl (C=O) groups excluding carboxylic acids is 2. The summed E-state index contributed by atoms with van der Waals surface area (Å²) in [7, 11) is 0. The molecule has 1 heterocycles. The maximum Gasteiger partial charge on any atom is 0.298 e. The Labute approximate surface area is 189 Å². The number of ether oxygens (including phenoxy) is 2. The third-order valence-electron chi connectivity index (χ3n) is 5.04. The Hall–Kier alpha value is -3.90. The maximum absolute atomic E-state index is 13.6. The van der Waals surface area contributed by atoms with Gasteiger partial charge >= 0.3 is 0 Å². The van der Waals surface area contributed by atoms with Gasteiger partial charge in [0.05, 0.1) is 4.88 Å². The average molecular weight is 445 g/mol. The fourth-order valence-corrected chi connectivity index (χ4v) is 4.81. The van der Waals surface area contributed by atoms with Gasteiger partial charge in [-0.25, -0.2) is 0 Å². The second-order valence-electron chi connectivity index (χ2n) is 7.28. The molecule has 4 rings (SSSR count). The lowest BCUT2D eigenvalue weighted by Crippen LogP contribution is -2.03. The van der Waals surface area contributed by atoms with Crippen LogP contribution in [0.2, 0.25) is 0 Å². The molecule has 1 N–H and O–H groups in total. The minimum absolute atomic E-state index is 0.0486. The fourth-order valence-electron chi connectivity index (χ4n) is 3.59. The first-order chi connectivity index (χ1) is 15.5. The van der Waals surface area contributed by atoms with Gasteiger partial charge in [0.2, 0.25) is 5.78 Å². The molecule has 0 radical (unpaired) electrons. The molecule has 0 aliphatic heterocycles. The van der Waals surface area contributed by atoms with Crippen molar-refractivity contribution in [3.8, 4) is 22.6 Å². The minimum Gasteiger partial charge on any atom is -0.508 e. The molecule has 0 unspecified atom stereocenters. The number of phenolic OH excluding ortho intramolecular Hbond substituents is 1. The molecule has 32 heavy (non-hydrogen) atoms. The Bertz CT molecular complexity index is 1330. The SMILES string of the molecule is Cc1ccc(C(=O)c2sc3cc(O)ccc3c2-c2ccc(O/C=C/OC=O)cc2)c(C)c1. The molecule has 0 bridgehead atoms. The molecule has 0 amide bonds. The normalized spacial score (nSPS) is 11.1. The molecule has 3 aromatic carbocycles. The van der Waals surface area contributed by atoms with E-state index >= 15 is 0 Å². The van der Waals surface area contributed by atoms with Crippen LogP contribution in [0.1, 0.15) is 26.4 Å². The van der Waals surface area contributed by atoms with E-state index in [2.05, 4.69) is 4.74 Å². The summed E-state index contributed by atoms with van der Waals surface area (Å²) in [6, 6.07) is 18.2. The van der Waals surface area contributed by atoms with Crippen LogP contribution < -0.4 is 4.74 Å². The third kappa shape index (κ3) is 4.26. The van der Waals surface area contributed by atoms with Crippen molar-refractivity contribution in [1.82, 2.24) is 0 Å². The lowest BCUT2D eigenvalue weighted by molar-refractivity contribution is -0.123. The number of phenols is 1. The number of benzene rings is 3. The molecule has 0 spiro atoms. The summed E-state index contributed by atoms with van der Waals surface area (Å²) in [5.41, 5.74) is 4.36. The summed E-state index contributed by atoms with van der Waals surface area (Å²) in [5, 5.41) is 10.9. The lowest BCUT2D eigenvalue weighted by Gasteiger charge is -2.09. The van der Waals surface area contributed by atoms with Gasteiger partial charge in [-0.2, -0.15) is 0 Å². The maximum atomic E-state index is 13.6. The van der Waals surface area contributed by atoms with Gasteiger partial charge in [-0.15, -0.1) is 11.3 Å². The molecule has 6 heteroatoms. The fraction of sp³-hybridized carbons (Fsp3) is 0.0769. The number of fused-ring (bicyclic) bond motifs is 1. The Morgan fingerprint density at radius 3 is 2.47 bits per heavy atom. The summed E-state index contributed by atoms with van der Waals surface area (Å²) in [5.74, 6) is 0.662. The summed E-state index contributed by atoms with van der Waals surface area (Å²) < 4.78 is 10.7. The quantitative estimate of drug-likeness (QED) is 0.210. The van der Waals surface area contributed by atoms with Crippen LogP contribution in [0.3, 0.4) is 0 Å². The van der Waals surface area contributed by atoms with Crippen LogP contribution in [0.25, 0.3) is 21.2 Å². The van der Waals surface area contributed by atoms with Gasteiger partial charge in [0, 0.05) is 21.2 Å². The van der Waals surface area contributed by atoms with E-state index in [1.165, 1.54) is 17.6 Å². The number of aromatic hydroxyl groups is 1. The average Bonchev–Trinajstić information content (AvgIpc) is 3.15. The molecule has 5 nitrogen and oxygen atoms in total. The molecule has 0 saturated heterocycles. The van der Waals surface area contributed by atoms with E-state index in [0.717, 1.165) is 38.6 Å². The standard InChI is InChI=1S/C26H20O5S/c1-16-3-9-21(17(2)13-16)25(29)26-24(22-10-6-19(28)14-23(22)32-26)18-4-7-20(8-5-18)31-12-11-30-15-27/h3-15,28H,1-2H3/b12-11+. The van der Waals surface area contributed by atoms with Crippen molar-refractivity contribution < 1.29 is 24.2 Å². The van der Waals surface area contributed by atoms with Crippen molar-refractivity contribution in [2.45, 2.75) is 13.8 Å². The van der Waals surface area contributed by atoms with Gasteiger partial charge in [-0.3, -0.25) is 9.59 Å². The highest BCUT2D eigenvalue weighted by Gasteiger charge is 2.22. The van der Waals surface area contributed by atoms with E-state index in [1.54, 1.807) is 24.3 Å². The van der Waals surface area contributed by atoms with Crippen molar-refractivity contribution in [2.75, 3.05) is 0 Å². The van der Waals surface area contributed by atoms with Crippen LogP contribution in [-0.2, 0) is 9.53 Å². The minimum atomic E-state index is -0.0486. The van der Waals surface area contributed by atoms with E-state index in [0.29, 0.717) is 22.7 Å². The van der Waals surface area contributed by atoms with E-state index in [4.69, 9.17) is 4.74 Å². The van der Waals surface area contributed by atoms with Crippen molar-refractivity contribution >= 4 is 33.7 Å². The molecular weight excluding hydrogens is 424 g/mol. The van der Waals surface area contributed by atoms with Crippen LogP contribution in [0.4, 0.5) is 0 Å². The van der Waals surface area contributed by atoms with Gasteiger partial charge in [0.1, 0.15) is 24.0 Å². The third-order valence-corrected chi connectivity index (χ3v) is 6.19. The summed E-state index contributed by atoms with van der Waals surface area (Å²) in [6.07, 6.45) is 2.40. The summed E-state index contributed by atoms with van der Waals surface area (Å²) >= 11 is 1.37. The first-order valence-electron chi connectivity index (χ1n) is 9.86. The zero-order valence-corrected chi connectivity index (χ0v) is 18.3. The van der Waals surface area contributed by atoms with E-state index in [-0.39, 0.29) is 11.5 Å². The van der Waals surface area contributed by atoms with Crippen molar-refractivity contribution in [3.63, 3.8) is 0 Å². The van der Waals surface area contributed by atoms with Crippen molar-refractivity contribution in [2.24, 2.45) is 0 Å². The molecule has 0 saturated carbocycles. The second-order valence-corrected chi connectivity index (χ2v) is 8.33. The Kier molecular flexibility index (Phi) is 6.05. The number of hydrogen-bond acceptors (Lipinski definition) is 6. The monoisotopic (exact) mass is 444 g/mol. The smallest absolute Gasteiger partial charge is 0.298 e. The Morgan fingerprint density at radius 2 is 1.75 bits per heavy atom. The molecule has 1 aromatic heterocycles. The van der Waals surface area contributed by atoms with Crippen LogP contribution in [0.15, 0.2) is 73.2 Å². The number of ketones is 1. The highest BCUT2D eigenvalue weighted by Crippen LogP contribution is 2.41. The van der Waals surface area contributed by atoms with Gasteiger partial charge < -0.3 is 14.6 Å². The Balaban J connectivity index is 1.79. The first-order valence-corrected chi connectivity index (χ1v) is 10.7. The largest absolute Gasteiger partial charge is 0.508 e. The number of thiophene rings is 1. The summed E-state index contributed by atoms with van der Waals surface area (Å²) in [4.78, 5) is 24.4. The molecule has 0 aliphatic rings. The van der Waals surface area contributed by atoms with E-state index < -0.39 is 0 Å². The van der Waals surface area contributed by atoms with Crippen LogP contribution >= 0.6 is 11.3 Å². The first kappa shape index (κ1) is 21.3. The zero-order valence-electron chi connectivity index (χ0n) is 17.5. The highest BCUT2D eigenvalue weighted by molar-refractivity contribution is 7.21. The predicted molar refractivity (Wildman–Crippen MR) is 125 cm³/mol. The lowest BCUT2D eigenvalue weighted by atomic mass is 9.95. The molecule has 0 aliphatic carbocycles. The molecule has 0 atom stereocenters. The van der Waals surface area contributed by atoms with Gasteiger partial charge in [-0.1, -0.05) is 35.9 Å². The van der Waals surface area contributed by atoms with E-state index in [1.807, 2.05) is 50.2 Å². The molecule has 160 valence electrons. The van der Waals surface area contributed by atoms with E-state index in [9.17, 15) is 14.7 Å². The van der Waals surface area contributed by atoms with Crippen LogP contribution in [0.5, 0.6) is 11.5 Å². The van der Waals surface area contributed by atoms with Crippen LogP contribution in [0, 0.1) is 13.8 Å². The van der Waals surface area contributed by atoms with Gasteiger partial charge in [0.15, 0.2) is 0 Å². The van der Waals surface area contributed by atoms with Crippen molar-refractivity contribution in [3.05, 3.63) is 94.8 Å². The second kappa shape index (κ2) is 9.08. The van der Waals surface area contributed by atoms with Crippen LogP contribution in [-0.4, -0.2) is 17.4 Å². The molecule has 0 fully saturated rings. The predicted octanol–water partition coefficient (Wildman–Crippen LogP) is 6.14. The Morgan fingerprint density at radius 1 is 0.969 bits per heavy atom. The summed E-state index contributed by atoms with van der Waals surface area (Å²) in [6.45, 7) is 4.24. The number of hydrogen-bond donors (Lipinski definition) is 1. The molecule has 4 aromatic rings. The van der Waals surface area contributed by atoms with Gasteiger partial charge in [0.25, 0.3) is 6.47 Å². The number of carbonyl (C=O) groups is 2. The number of aryl methyl sites for hydroxylation is 2. The molecular formula is C26H20O5S. The number of rotatable bonds is 7. The highest BCUT2D eigenvalue weighted by atomic mass is 32.1. The van der Waals surface area contributed by atoms with Gasteiger partial charge in [-0.05, 0) is 55.3 Å². The topological polar surface area (TPSA) is 72.8 Å². The van der Waals surface area contributed by atoms with Crippen molar-refractivity contribution in [1.29, 1.82) is 0 Å². The zero-order chi connectivity index (χ0) is 22.7.